The maximum absolute atomic E-state index is 12.9. The molecule has 0 bridgehead atoms. The molecule has 2 aliphatic heterocycles. The fraction of sp³-hybridized carbons (Fsp3) is 0.500. The normalized spacial score (nSPS) is 20.1. The van der Waals surface area contributed by atoms with Crippen molar-refractivity contribution in [2.24, 2.45) is 0 Å². The molecule has 1 amide bonds. The van der Waals surface area contributed by atoms with E-state index in [-0.39, 0.29) is 5.91 Å². The molecule has 8 nitrogen and oxygen atoms in total. The number of furan rings is 1. The number of benzene rings is 1. The van der Waals surface area contributed by atoms with Gasteiger partial charge in [0.05, 0.1) is 0 Å². The summed E-state index contributed by atoms with van der Waals surface area (Å²) in [7, 11) is -1.47. The second-order valence-electron chi connectivity index (χ2n) is 8.06. The average Bonchev–Trinajstić information content (AvgIpc) is 3.15. The van der Waals surface area contributed by atoms with Crippen molar-refractivity contribution in [1.82, 2.24) is 18.4 Å². The smallest absolute Gasteiger partial charge is 0.282 e. The van der Waals surface area contributed by atoms with E-state index < -0.39 is 10.2 Å². The van der Waals surface area contributed by atoms with E-state index in [9.17, 15) is 13.2 Å². The van der Waals surface area contributed by atoms with Gasteiger partial charge in [0.15, 0.2) is 0 Å². The number of hydrogen-bond acceptors (Lipinski definition) is 5. The summed E-state index contributed by atoms with van der Waals surface area (Å²) in [5.74, 6) is 0.748. The van der Waals surface area contributed by atoms with E-state index in [2.05, 4.69) is 4.90 Å². The van der Waals surface area contributed by atoms with Crippen molar-refractivity contribution in [2.45, 2.75) is 13.3 Å². The summed E-state index contributed by atoms with van der Waals surface area (Å²) in [6.07, 6.45) is 4.13. The predicted octanol–water partition coefficient (Wildman–Crippen LogP) is 1.64. The van der Waals surface area contributed by atoms with E-state index in [1.165, 1.54) is 4.31 Å². The standard InChI is InChI=1S/C22H30N4O4S/c1-3-20-19(18-6-4-5-7-21(18)30-20)8-9-22(27)24-12-16-26(17-13-24)31(28,29)25-14-10-23(2)11-15-25/h4-9H,3,10-17H2,1-2H3. The molecule has 168 valence electrons. The fourth-order valence-corrected chi connectivity index (χ4v) is 5.72. The topological polar surface area (TPSA) is 77.3 Å². The van der Waals surface area contributed by atoms with Crippen molar-refractivity contribution in [1.29, 1.82) is 0 Å². The Hall–Kier alpha value is -2.20. The summed E-state index contributed by atoms with van der Waals surface area (Å²) in [6, 6.07) is 7.80. The molecule has 2 aliphatic rings. The van der Waals surface area contributed by atoms with Gasteiger partial charge in [-0.05, 0) is 19.2 Å². The molecule has 1 aromatic heterocycles. The quantitative estimate of drug-likeness (QED) is 0.653. The van der Waals surface area contributed by atoms with E-state index in [4.69, 9.17) is 4.42 Å². The fourth-order valence-electron chi connectivity index (χ4n) is 4.14. The Bertz CT molecular complexity index is 1060. The number of hydrogen-bond donors (Lipinski definition) is 0. The highest BCUT2D eigenvalue weighted by atomic mass is 32.2. The first-order valence-corrected chi connectivity index (χ1v) is 12.2. The summed E-state index contributed by atoms with van der Waals surface area (Å²) < 4.78 is 34.8. The zero-order valence-electron chi connectivity index (χ0n) is 18.2. The Balaban J connectivity index is 1.39. The number of likely N-dealkylation sites (N-methyl/N-ethyl adjacent to an activating group) is 1. The molecule has 0 saturated carbocycles. The minimum absolute atomic E-state index is 0.107. The number of fused-ring (bicyclic) bond motifs is 1. The molecule has 0 unspecified atom stereocenters. The number of amides is 1. The predicted molar refractivity (Wildman–Crippen MR) is 121 cm³/mol. The zero-order valence-corrected chi connectivity index (χ0v) is 19.0. The van der Waals surface area contributed by atoms with E-state index in [0.29, 0.717) is 39.3 Å². The van der Waals surface area contributed by atoms with Gasteiger partial charge in [0.2, 0.25) is 5.91 Å². The summed E-state index contributed by atoms with van der Waals surface area (Å²) in [4.78, 5) is 16.6. The summed E-state index contributed by atoms with van der Waals surface area (Å²) in [5, 5.41) is 0.992. The van der Waals surface area contributed by atoms with E-state index in [1.807, 2.05) is 44.3 Å². The number of carbonyl (C=O) groups is 1. The molecule has 2 saturated heterocycles. The van der Waals surface area contributed by atoms with Crippen molar-refractivity contribution in [3.8, 4) is 0 Å². The van der Waals surface area contributed by atoms with E-state index in [0.717, 1.165) is 41.8 Å². The Morgan fingerprint density at radius 2 is 1.61 bits per heavy atom. The molecule has 31 heavy (non-hydrogen) atoms. The van der Waals surface area contributed by atoms with Crippen LogP contribution in [0.25, 0.3) is 17.0 Å². The van der Waals surface area contributed by atoms with Gasteiger partial charge in [0, 0.05) is 75.8 Å². The lowest BCUT2D eigenvalue weighted by molar-refractivity contribution is -0.127. The minimum Gasteiger partial charge on any atom is -0.460 e. The number of nitrogens with zero attached hydrogens (tertiary/aromatic N) is 4. The molecule has 1 aromatic carbocycles. The second-order valence-corrected chi connectivity index (χ2v) is 9.98. The third-order valence-corrected chi connectivity index (χ3v) is 8.13. The lowest BCUT2D eigenvalue weighted by Crippen LogP contribution is -2.57. The molecule has 0 radical (unpaired) electrons. The van der Waals surface area contributed by atoms with Crippen LogP contribution in [0, 0.1) is 0 Å². The Kier molecular flexibility index (Phi) is 6.47. The van der Waals surface area contributed by atoms with Crippen LogP contribution in [0.3, 0.4) is 0 Å². The van der Waals surface area contributed by atoms with Crippen LogP contribution in [-0.4, -0.2) is 92.1 Å². The Morgan fingerprint density at radius 1 is 1.00 bits per heavy atom. The number of piperazine rings is 2. The van der Waals surface area contributed by atoms with Gasteiger partial charge in [-0.2, -0.15) is 17.0 Å². The first-order chi connectivity index (χ1) is 14.9. The van der Waals surface area contributed by atoms with Crippen LogP contribution < -0.4 is 0 Å². The summed E-state index contributed by atoms with van der Waals surface area (Å²) >= 11 is 0. The van der Waals surface area contributed by atoms with Gasteiger partial charge in [-0.1, -0.05) is 25.1 Å². The van der Waals surface area contributed by atoms with Crippen molar-refractivity contribution < 1.29 is 17.6 Å². The monoisotopic (exact) mass is 446 g/mol. The van der Waals surface area contributed by atoms with Crippen LogP contribution in [0.4, 0.5) is 0 Å². The SMILES string of the molecule is CCc1oc2ccccc2c1C=CC(=O)N1CCN(S(=O)(=O)N2CCN(C)CC2)CC1. The number of carbonyl (C=O) groups excluding carboxylic acids is 1. The van der Waals surface area contributed by atoms with Gasteiger partial charge in [-0.15, -0.1) is 0 Å². The summed E-state index contributed by atoms with van der Waals surface area (Å²) in [6.45, 7) is 5.96. The second kappa shape index (κ2) is 9.12. The van der Waals surface area contributed by atoms with Gasteiger partial charge in [0.1, 0.15) is 11.3 Å². The maximum Gasteiger partial charge on any atom is 0.282 e. The molecule has 3 heterocycles. The van der Waals surface area contributed by atoms with Gasteiger partial charge in [-0.3, -0.25) is 4.79 Å². The molecule has 9 heteroatoms. The van der Waals surface area contributed by atoms with E-state index in [1.54, 1.807) is 15.3 Å². The zero-order chi connectivity index (χ0) is 22.0. The number of para-hydroxylation sites is 1. The lowest BCUT2D eigenvalue weighted by Gasteiger charge is -2.38. The summed E-state index contributed by atoms with van der Waals surface area (Å²) in [5.41, 5.74) is 1.75. The van der Waals surface area contributed by atoms with E-state index >= 15 is 0 Å². The molecule has 0 aliphatic carbocycles. The maximum atomic E-state index is 12.9. The molecular weight excluding hydrogens is 416 g/mol. The third kappa shape index (κ3) is 4.55. The minimum atomic E-state index is -3.47. The van der Waals surface area contributed by atoms with Crippen LogP contribution in [0.15, 0.2) is 34.8 Å². The number of rotatable bonds is 5. The largest absolute Gasteiger partial charge is 0.460 e. The number of aryl methyl sites for hydroxylation is 1. The van der Waals surface area contributed by atoms with Crippen LogP contribution in [0.2, 0.25) is 0 Å². The highest BCUT2D eigenvalue weighted by Gasteiger charge is 2.34. The van der Waals surface area contributed by atoms with Gasteiger partial charge < -0.3 is 14.2 Å². The van der Waals surface area contributed by atoms with Crippen molar-refractivity contribution in [3.63, 3.8) is 0 Å². The lowest BCUT2D eigenvalue weighted by atomic mass is 10.1. The van der Waals surface area contributed by atoms with Crippen LogP contribution >= 0.6 is 0 Å². The van der Waals surface area contributed by atoms with Crippen molar-refractivity contribution >= 4 is 33.2 Å². The van der Waals surface area contributed by atoms with Crippen molar-refractivity contribution in [3.05, 3.63) is 41.7 Å². The highest BCUT2D eigenvalue weighted by Crippen LogP contribution is 2.27. The van der Waals surface area contributed by atoms with Gasteiger partial charge in [0.25, 0.3) is 10.2 Å². The molecule has 4 rings (SSSR count). The van der Waals surface area contributed by atoms with Gasteiger partial charge >= 0.3 is 0 Å². The molecule has 0 spiro atoms. The van der Waals surface area contributed by atoms with Crippen LogP contribution in [0.1, 0.15) is 18.2 Å². The molecular formula is C22H30N4O4S. The van der Waals surface area contributed by atoms with Crippen LogP contribution in [0.5, 0.6) is 0 Å². The first-order valence-electron chi connectivity index (χ1n) is 10.8. The molecule has 2 aromatic rings. The Labute approximate surface area is 183 Å². The average molecular weight is 447 g/mol. The molecule has 2 fully saturated rings. The first kappa shape index (κ1) is 22.0. The molecule has 0 N–H and O–H groups in total. The van der Waals surface area contributed by atoms with Crippen LogP contribution in [-0.2, 0) is 21.4 Å². The van der Waals surface area contributed by atoms with Gasteiger partial charge in [-0.25, -0.2) is 0 Å². The highest BCUT2D eigenvalue weighted by molar-refractivity contribution is 7.86. The van der Waals surface area contributed by atoms with Crippen molar-refractivity contribution in [2.75, 3.05) is 59.4 Å². The third-order valence-electron chi connectivity index (χ3n) is 6.09. The Morgan fingerprint density at radius 3 is 2.26 bits per heavy atom. The molecule has 0 atom stereocenters.